The Morgan fingerprint density at radius 3 is 1.02 bits per heavy atom. The van der Waals surface area contributed by atoms with Crippen molar-refractivity contribution in [3.63, 3.8) is 0 Å². The van der Waals surface area contributed by atoms with Gasteiger partial charge in [0, 0.05) is 19.4 Å². The molecule has 0 aliphatic carbocycles. The quantitative estimate of drug-likeness (QED) is 0.0459. The van der Waals surface area contributed by atoms with Gasteiger partial charge >= 0.3 is 11.9 Å². The highest BCUT2D eigenvalue weighted by atomic mass is 16.5. The molecule has 0 aliphatic rings. The van der Waals surface area contributed by atoms with Gasteiger partial charge < -0.3 is 14.4 Å². The van der Waals surface area contributed by atoms with E-state index in [2.05, 4.69) is 46.4 Å². The molecule has 0 saturated carbocycles. The van der Waals surface area contributed by atoms with Crippen molar-refractivity contribution < 1.29 is 19.1 Å². The van der Waals surface area contributed by atoms with Crippen molar-refractivity contribution in [1.82, 2.24) is 4.90 Å². The van der Waals surface area contributed by atoms with E-state index in [0.717, 1.165) is 69.4 Å². The first-order valence-electron chi connectivity index (χ1n) is 24.0. The summed E-state index contributed by atoms with van der Waals surface area (Å²) in [4.78, 5) is 27.3. The summed E-state index contributed by atoms with van der Waals surface area (Å²) >= 11 is 0. The molecule has 0 saturated heterocycles. The molecule has 0 aromatic heterocycles. The minimum absolute atomic E-state index is 0.0137. The van der Waals surface area contributed by atoms with Gasteiger partial charge in [-0.05, 0) is 69.4 Å². The summed E-state index contributed by atoms with van der Waals surface area (Å²) in [5, 5.41) is 0. The van der Waals surface area contributed by atoms with Crippen LogP contribution in [0.5, 0.6) is 0 Å². The lowest BCUT2D eigenvalue weighted by Crippen LogP contribution is -2.29. The van der Waals surface area contributed by atoms with E-state index in [4.69, 9.17) is 9.47 Å². The molecule has 0 amide bonds. The summed E-state index contributed by atoms with van der Waals surface area (Å²) < 4.78 is 11.3. The summed E-state index contributed by atoms with van der Waals surface area (Å²) in [5.74, 6) is 2.25. The molecule has 0 aromatic rings. The summed E-state index contributed by atoms with van der Waals surface area (Å²) in [6, 6.07) is 0. The van der Waals surface area contributed by atoms with Gasteiger partial charge in [-0.3, -0.25) is 9.59 Å². The van der Waals surface area contributed by atoms with Crippen molar-refractivity contribution in [3.05, 3.63) is 0 Å². The molecular weight excluding hydrogens is 655 g/mol. The molecular formula is C48H95NO4. The Bertz CT molecular complexity index is 693. The first-order chi connectivity index (χ1) is 25.9. The Morgan fingerprint density at radius 2 is 0.679 bits per heavy atom. The van der Waals surface area contributed by atoms with Crippen molar-refractivity contribution in [2.75, 3.05) is 32.8 Å². The van der Waals surface area contributed by atoms with Crippen LogP contribution in [0.4, 0.5) is 0 Å². The van der Waals surface area contributed by atoms with E-state index in [1.54, 1.807) is 0 Å². The largest absolute Gasteiger partial charge is 0.466 e. The third kappa shape index (κ3) is 35.1. The van der Waals surface area contributed by atoms with E-state index in [-0.39, 0.29) is 11.9 Å². The Morgan fingerprint density at radius 1 is 0.377 bits per heavy atom. The minimum atomic E-state index is 0.0137. The van der Waals surface area contributed by atoms with E-state index in [1.165, 1.54) is 161 Å². The van der Waals surface area contributed by atoms with Gasteiger partial charge in [0.25, 0.3) is 0 Å². The molecule has 53 heavy (non-hydrogen) atoms. The number of carbonyl (C=O) groups is 2. The van der Waals surface area contributed by atoms with Gasteiger partial charge in [0.2, 0.25) is 0 Å². The van der Waals surface area contributed by atoms with Crippen LogP contribution in [0.25, 0.3) is 0 Å². The van der Waals surface area contributed by atoms with Crippen LogP contribution in [0.1, 0.15) is 247 Å². The molecule has 5 nitrogen and oxygen atoms in total. The van der Waals surface area contributed by atoms with Crippen LogP contribution in [0.15, 0.2) is 0 Å². The first-order valence-corrected chi connectivity index (χ1v) is 24.0. The third-order valence-electron chi connectivity index (χ3n) is 11.8. The summed E-state index contributed by atoms with van der Waals surface area (Å²) in [6.07, 6.45) is 38.5. The number of hydrogen-bond donors (Lipinski definition) is 0. The minimum Gasteiger partial charge on any atom is -0.466 e. The Labute approximate surface area is 332 Å². The van der Waals surface area contributed by atoms with Gasteiger partial charge in [0.15, 0.2) is 0 Å². The average molecular weight is 750 g/mol. The Kier molecular flexibility index (Phi) is 39.7. The molecule has 0 atom stereocenters. The highest BCUT2D eigenvalue weighted by Gasteiger charge is 2.14. The number of ether oxygens (including phenoxy) is 2. The fraction of sp³-hybridized carbons (Fsp3) is 0.958. The number of nitrogens with zero attached hydrogens (tertiary/aromatic N) is 1. The zero-order valence-corrected chi connectivity index (χ0v) is 37.0. The standard InChI is InChI=1S/C48H95NO4/c1-7-13-23-31-44(32-24-14-8-2)39-41-52-47(50)37-29-21-17-19-27-35-46(43-49(11-5)12-6)36-28-20-18-22-30-38-48(51)53-42-40-45(33-25-15-9-3)34-26-16-10-4/h44-46H,7-43H2,1-6H3. The highest BCUT2D eigenvalue weighted by molar-refractivity contribution is 5.69. The molecule has 0 rings (SSSR count). The zero-order chi connectivity index (χ0) is 39.0. The second kappa shape index (κ2) is 40.6. The van der Waals surface area contributed by atoms with Crippen LogP contribution in [-0.4, -0.2) is 49.7 Å². The molecule has 0 radical (unpaired) electrons. The third-order valence-corrected chi connectivity index (χ3v) is 11.8. The topological polar surface area (TPSA) is 55.8 Å². The van der Waals surface area contributed by atoms with Crippen molar-refractivity contribution in [3.8, 4) is 0 Å². The van der Waals surface area contributed by atoms with Crippen LogP contribution in [0.2, 0.25) is 0 Å². The van der Waals surface area contributed by atoms with Gasteiger partial charge in [-0.1, -0.05) is 196 Å². The number of hydrogen-bond acceptors (Lipinski definition) is 5. The number of unbranched alkanes of at least 4 members (excludes halogenated alkanes) is 16. The lowest BCUT2D eigenvalue weighted by Gasteiger charge is -2.25. The molecule has 0 unspecified atom stereocenters. The summed E-state index contributed by atoms with van der Waals surface area (Å²) in [5.41, 5.74) is 0. The molecule has 316 valence electrons. The predicted octanol–water partition coefficient (Wildman–Crippen LogP) is 14.8. The lowest BCUT2D eigenvalue weighted by molar-refractivity contribution is -0.145. The number of rotatable bonds is 42. The zero-order valence-electron chi connectivity index (χ0n) is 37.0. The summed E-state index contributed by atoms with van der Waals surface area (Å²) in [7, 11) is 0. The van der Waals surface area contributed by atoms with Gasteiger partial charge in [0.1, 0.15) is 0 Å². The van der Waals surface area contributed by atoms with Crippen molar-refractivity contribution in [2.24, 2.45) is 17.8 Å². The highest BCUT2D eigenvalue weighted by Crippen LogP contribution is 2.24. The predicted molar refractivity (Wildman–Crippen MR) is 231 cm³/mol. The van der Waals surface area contributed by atoms with E-state index in [9.17, 15) is 9.59 Å². The van der Waals surface area contributed by atoms with Gasteiger partial charge in [-0.2, -0.15) is 0 Å². The SMILES string of the molecule is CCCCCC(CCCCC)CCOC(=O)CCCCCCCC(CCCCCCCC(=O)OCCC(CCCCC)CCCCC)CN(CC)CC. The van der Waals surface area contributed by atoms with Crippen LogP contribution in [-0.2, 0) is 19.1 Å². The Hall–Kier alpha value is -1.10. The van der Waals surface area contributed by atoms with Crippen LogP contribution in [0.3, 0.4) is 0 Å². The molecule has 0 bridgehead atoms. The van der Waals surface area contributed by atoms with Gasteiger partial charge in [-0.25, -0.2) is 0 Å². The van der Waals surface area contributed by atoms with E-state index in [1.807, 2.05) is 0 Å². The van der Waals surface area contributed by atoms with Crippen molar-refractivity contribution in [1.29, 1.82) is 0 Å². The molecule has 0 spiro atoms. The monoisotopic (exact) mass is 750 g/mol. The van der Waals surface area contributed by atoms with Crippen molar-refractivity contribution in [2.45, 2.75) is 247 Å². The lowest BCUT2D eigenvalue weighted by atomic mass is 9.92. The van der Waals surface area contributed by atoms with Crippen LogP contribution in [0, 0.1) is 17.8 Å². The molecule has 0 aliphatic heterocycles. The maximum Gasteiger partial charge on any atom is 0.305 e. The fourth-order valence-corrected chi connectivity index (χ4v) is 8.06. The average Bonchev–Trinajstić information content (AvgIpc) is 3.15. The van der Waals surface area contributed by atoms with E-state index < -0.39 is 0 Å². The Balaban J connectivity index is 4.16. The molecule has 0 aromatic carbocycles. The van der Waals surface area contributed by atoms with Gasteiger partial charge in [0.05, 0.1) is 13.2 Å². The molecule has 5 heteroatoms. The second-order valence-corrected chi connectivity index (χ2v) is 16.7. The number of esters is 2. The molecule has 0 fully saturated rings. The smallest absolute Gasteiger partial charge is 0.305 e. The van der Waals surface area contributed by atoms with Crippen LogP contribution < -0.4 is 0 Å². The van der Waals surface area contributed by atoms with Crippen molar-refractivity contribution >= 4 is 11.9 Å². The van der Waals surface area contributed by atoms with E-state index in [0.29, 0.717) is 26.1 Å². The van der Waals surface area contributed by atoms with Gasteiger partial charge in [-0.15, -0.1) is 0 Å². The second-order valence-electron chi connectivity index (χ2n) is 16.7. The molecule has 0 N–H and O–H groups in total. The van der Waals surface area contributed by atoms with Crippen LogP contribution >= 0.6 is 0 Å². The fourth-order valence-electron chi connectivity index (χ4n) is 8.06. The van der Waals surface area contributed by atoms with E-state index >= 15 is 0 Å². The normalized spacial score (nSPS) is 11.8. The maximum atomic E-state index is 12.4. The maximum absolute atomic E-state index is 12.4. The number of carbonyl (C=O) groups excluding carboxylic acids is 2. The first kappa shape index (κ1) is 51.9. The molecule has 0 heterocycles. The summed E-state index contributed by atoms with van der Waals surface area (Å²) in [6.45, 7) is 18.4.